The first-order valence-electron chi connectivity index (χ1n) is 9.22. The van der Waals surface area contributed by atoms with Gasteiger partial charge in [-0.15, -0.1) is 0 Å². The third-order valence-electron chi connectivity index (χ3n) is 4.29. The lowest BCUT2D eigenvalue weighted by Crippen LogP contribution is -2.42. The molecule has 0 saturated heterocycles. The zero-order valence-electron chi connectivity index (χ0n) is 17.1. The summed E-state index contributed by atoms with van der Waals surface area (Å²) < 4.78 is 74.9. The second-order valence-corrected chi connectivity index (χ2v) is 8.57. The fourth-order valence-corrected chi connectivity index (χ4v) is 4.10. The summed E-state index contributed by atoms with van der Waals surface area (Å²) in [5, 5.41) is 1.37. The average molecular weight is 471 g/mol. The van der Waals surface area contributed by atoms with E-state index in [1.807, 2.05) is 4.72 Å². The summed E-state index contributed by atoms with van der Waals surface area (Å²) in [6.45, 7) is 0. The monoisotopic (exact) mass is 471 g/mol. The molecule has 2 aromatic rings. The van der Waals surface area contributed by atoms with Crippen LogP contribution in [-0.4, -0.2) is 45.4 Å². The number of hydrogen-bond acceptors (Lipinski definition) is 6. The molecule has 0 atom stereocenters. The van der Waals surface area contributed by atoms with Crippen LogP contribution in [0.4, 0.5) is 18.9 Å². The van der Waals surface area contributed by atoms with E-state index in [4.69, 9.17) is 9.47 Å². The summed E-state index contributed by atoms with van der Waals surface area (Å²) in [4.78, 5) is 11.9. The van der Waals surface area contributed by atoms with E-state index in [1.54, 1.807) is 30.3 Å². The van der Waals surface area contributed by atoms with Crippen molar-refractivity contribution in [1.82, 2.24) is 10.4 Å². The van der Waals surface area contributed by atoms with Crippen LogP contribution in [0.15, 0.2) is 54.3 Å². The van der Waals surface area contributed by atoms with Crippen molar-refractivity contribution < 1.29 is 35.9 Å². The van der Waals surface area contributed by atoms with Gasteiger partial charge in [0.15, 0.2) is 5.75 Å². The number of alkyl halides is 3. The number of benzene rings is 2. The molecule has 0 radical (unpaired) electrons. The van der Waals surface area contributed by atoms with E-state index in [1.165, 1.54) is 37.4 Å². The topological polar surface area (TPSA) is 97.0 Å². The van der Waals surface area contributed by atoms with Gasteiger partial charge in [-0.25, -0.2) is 8.42 Å². The lowest BCUT2D eigenvalue weighted by atomic mass is 10.1. The Morgan fingerprint density at radius 2 is 1.84 bits per heavy atom. The number of nitrogens with zero attached hydrogens (tertiary/aromatic N) is 1. The van der Waals surface area contributed by atoms with Crippen LogP contribution in [0.3, 0.4) is 0 Å². The number of carbonyl (C=O) groups is 1. The molecule has 1 aliphatic heterocycles. The van der Waals surface area contributed by atoms with Crippen LogP contribution < -0.4 is 14.9 Å². The van der Waals surface area contributed by atoms with Crippen molar-refractivity contribution in [3.8, 4) is 11.5 Å². The van der Waals surface area contributed by atoms with Crippen LogP contribution in [0.25, 0.3) is 5.70 Å². The second-order valence-electron chi connectivity index (χ2n) is 6.85. The number of rotatable bonds is 7. The number of hydrogen-bond donors (Lipinski definition) is 2. The van der Waals surface area contributed by atoms with Crippen molar-refractivity contribution in [2.45, 2.75) is 12.6 Å². The first kappa shape index (κ1) is 23.3. The van der Waals surface area contributed by atoms with E-state index in [2.05, 4.69) is 5.43 Å². The molecule has 0 saturated carbocycles. The Hall–Kier alpha value is -3.41. The number of methoxy groups -OCH3 is 1. The normalized spacial score (nSPS) is 14.8. The van der Waals surface area contributed by atoms with E-state index in [9.17, 15) is 26.4 Å². The first-order chi connectivity index (χ1) is 15.0. The molecule has 172 valence electrons. The SMILES string of the molecule is COC1=C(c2cc(NS(=O)(=O)CC(F)(F)F)ccc2Oc2ccccc2)N(C)NC(=O)C1. The van der Waals surface area contributed by atoms with Crippen LogP contribution in [0.5, 0.6) is 11.5 Å². The molecular weight excluding hydrogens is 451 g/mol. The fourth-order valence-electron chi connectivity index (χ4n) is 3.11. The molecular formula is C20H20F3N3O5S. The summed E-state index contributed by atoms with van der Waals surface area (Å²) in [6.07, 6.45) is -4.99. The van der Waals surface area contributed by atoms with Gasteiger partial charge in [-0.1, -0.05) is 18.2 Å². The predicted octanol–water partition coefficient (Wildman–Crippen LogP) is 3.46. The Bertz CT molecular complexity index is 1130. The molecule has 1 heterocycles. The maximum Gasteiger partial charge on any atom is 0.404 e. The summed E-state index contributed by atoms with van der Waals surface area (Å²) in [5.74, 6) is -1.35. The predicted molar refractivity (Wildman–Crippen MR) is 111 cm³/mol. The summed E-state index contributed by atoms with van der Waals surface area (Å²) in [6, 6.07) is 12.7. The third-order valence-corrected chi connectivity index (χ3v) is 5.55. The van der Waals surface area contributed by atoms with Crippen LogP contribution in [0.1, 0.15) is 12.0 Å². The molecule has 8 nitrogen and oxygen atoms in total. The van der Waals surface area contributed by atoms with Crippen molar-refractivity contribution >= 4 is 27.3 Å². The van der Waals surface area contributed by atoms with Crippen molar-refractivity contribution in [2.75, 3.05) is 24.6 Å². The molecule has 0 spiro atoms. The minimum atomic E-state index is -4.90. The molecule has 0 unspecified atom stereocenters. The van der Waals surface area contributed by atoms with Gasteiger partial charge in [-0.05, 0) is 30.3 Å². The van der Waals surface area contributed by atoms with E-state index in [0.717, 1.165) is 0 Å². The Morgan fingerprint density at radius 3 is 2.47 bits per heavy atom. The van der Waals surface area contributed by atoms with Crippen molar-refractivity contribution in [3.63, 3.8) is 0 Å². The number of para-hydroxylation sites is 1. The van der Waals surface area contributed by atoms with Gasteiger partial charge in [-0.2, -0.15) is 13.2 Å². The smallest absolute Gasteiger partial charge is 0.404 e. The molecule has 1 aliphatic rings. The highest BCUT2D eigenvalue weighted by Crippen LogP contribution is 2.37. The van der Waals surface area contributed by atoms with Gasteiger partial charge in [0.05, 0.1) is 13.5 Å². The van der Waals surface area contributed by atoms with Crippen LogP contribution in [-0.2, 0) is 19.6 Å². The van der Waals surface area contributed by atoms with Gasteiger partial charge in [0.2, 0.25) is 15.9 Å². The Morgan fingerprint density at radius 1 is 1.16 bits per heavy atom. The maximum atomic E-state index is 12.6. The average Bonchev–Trinajstić information content (AvgIpc) is 2.67. The second kappa shape index (κ2) is 8.99. The molecule has 2 N–H and O–H groups in total. The van der Waals surface area contributed by atoms with Gasteiger partial charge in [-0.3, -0.25) is 20.0 Å². The molecule has 0 fully saturated rings. The highest BCUT2D eigenvalue weighted by atomic mass is 32.2. The molecule has 32 heavy (non-hydrogen) atoms. The number of nitrogens with one attached hydrogen (secondary N) is 2. The molecule has 0 bridgehead atoms. The molecule has 0 aromatic heterocycles. The third kappa shape index (κ3) is 5.84. The first-order valence-corrected chi connectivity index (χ1v) is 10.9. The number of anilines is 1. The van der Waals surface area contributed by atoms with Crippen LogP contribution >= 0.6 is 0 Å². The van der Waals surface area contributed by atoms with Gasteiger partial charge < -0.3 is 9.47 Å². The van der Waals surface area contributed by atoms with Crippen molar-refractivity contribution in [2.24, 2.45) is 0 Å². The lowest BCUT2D eigenvalue weighted by molar-refractivity contribution is -0.125. The maximum absolute atomic E-state index is 12.6. The number of hydrazine groups is 1. The highest BCUT2D eigenvalue weighted by Gasteiger charge is 2.35. The minimum Gasteiger partial charge on any atom is -0.498 e. The van der Waals surface area contributed by atoms with Crippen molar-refractivity contribution in [3.05, 3.63) is 59.9 Å². The lowest BCUT2D eigenvalue weighted by Gasteiger charge is -2.31. The van der Waals surface area contributed by atoms with Gasteiger partial charge in [0.1, 0.15) is 23.0 Å². The van der Waals surface area contributed by atoms with Crippen LogP contribution in [0.2, 0.25) is 0 Å². The number of amides is 1. The molecule has 1 amide bonds. The number of carbonyl (C=O) groups excluding carboxylic acids is 1. The number of ether oxygens (including phenoxy) is 2. The quantitative estimate of drug-likeness (QED) is 0.642. The van der Waals surface area contributed by atoms with Gasteiger partial charge in [0.25, 0.3) is 0 Å². The number of halogens is 3. The van der Waals surface area contributed by atoms with Crippen LogP contribution in [0, 0.1) is 0 Å². The Kier molecular flexibility index (Phi) is 6.53. The van der Waals surface area contributed by atoms with E-state index in [0.29, 0.717) is 17.0 Å². The molecule has 3 rings (SSSR count). The summed E-state index contributed by atoms with van der Waals surface area (Å²) in [7, 11) is -1.79. The zero-order chi connectivity index (χ0) is 23.5. The molecule has 12 heteroatoms. The zero-order valence-corrected chi connectivity index (χ0v) is 17.9. The largest absolute Gasteiger partial charge is 0.498 e. The van der Waals surface area contributed by atoms with E-state index < -0.39 is 22.0 Å². The highest BCUT2D eigenvalue weighted by molar-refractivity contribution is 7.92. The number of sulfonamides is 1. The minimum absolute atomic E-state index is 0.0923. The summed E-state index contributed by atoms with van der Waals surface area (Å²) in [5.41, 5.74) is 3.13. The summed E-state index contributed by atoms with van der Waals surface area (Å²) >= 11 is 0. The van der Waals surface area contributed by atoms with E-state index in [-0.39, 0.29) is 29.5 Å². The fraction of sp³-hybridized carbons (Fsp3) is 0.250. The standard InChI is InChI=1S/C20H20F3N3O5S/c1-26-19(17(30-2)11-18(27)24-26)15-10-13(25-32(28,29)12-20(21,22)23)8-9-16(15)31-14-6-4-3-5-7-14/h3-10,25H,11-12H2,1-2H3,(H,24,27). The van der Waals surface area contributed by atoms with Gasteiger partial charge >= 0.3 is 6.18 Å². The van der Waals surface area contributed by atoms with Crippen molar-refractivity contribution in [1.29, 1.82) is 0 Å². The Labute approximate surface area is 182 Å². The molecule has 0 aliphatic carbocycles. The molecule has 2 aromatic carbocycles. The Balaban J connectivity index is 2.08. The van der Waals surface area contributed by atoms with E-state index >= 15 is 0 Å². The van der Waals surface area contributed by atoms with Gasteiger partial charge in [0, 0.05) is 18.3 Å².